The molecule has 0 saturated carbocycles. The molecule has 1 aromatic heterocycles. The second-order valence-electron chi connectivity index (χ2n) is 5.86. The first kappa shape index (κ1) is 14.1. The Hall–Kier alpha value is -1.81. The molecule has 1 saturated heterocycles. The monoisotopic (exact) mass is 284 g/mol. The molecule has 0 spiro atoms. The van der Waals surface area contributed by atoms with E-state index in [4.69, 9.17) is 5.73 Å². The zero-order valence-electron chi connectivity index (χ0n) is 12.7. The lowest BCUT2D eigenvalue weighted by atomic mass is 10.0. The number of hydrogen-bond donors (Lipinski definition) is 2. The van der Waals surface area contributed by atoms with Crippen LogP contribution < -0.4 is 11.1 Å². The Kier molecular flexibility index (Phi) is 4.25. The number of hydrogen-bond acceptors (Lipinski definition) is 4. The van der Waals surface area contributed by atoms with Crippen molar-refractivity contribution < 1.29 is 0 Å². The molecule has 1 aliphatic rings. The standard InChI is InChI=1S/C17H24N4/c1-2-10-21-11-7-13(8-12-21)20-16-6-5-15(18)14-4-3-9-19-17(14)16/h3-6,9,13,20H,2,7-8,10-12,18H2,1H3. The van der Waals surface area contributed by atoms with E-state index < -0.39 is 0 Å². The van der Waals surface area contributed by atoms with E-state index in [0.29, 0.717) is 6.04 Å². The summed E-state index contributed by atoms with van der Waals surface area (Å²) in [5, 5.41) is 4.70. The van der Waals surface area contributed by atoms with Crippen LogP contribution in [0, 0.1) is 0 Å². The van der Waals surface area contributed by atoms with Gasteiger partial charge in [0.15, 0.2) is 0 Å². The third kappa shape index (κ3) is 3.10. The minimum atomic E-state index is 0.534. The Morgan fingerprint density at radius 3 is 2.86 bits per heavy atom. The zero-order valence-corrected chi connectivity index (χ0v) is 12.7. The topological polar surface area (TPSA) is 54.2 Å². The number of nitrogens with zero attached hydrogens (tertiary/aromatic N) is 2. The van der Waals surface area contributed by atoms with Crippen LogP contribution in [0.1, 0.15) is 26.2 Å². The Bertz CT molecular complexity index is 603. The van der Waals surface area contributed by atoms with Crippen LogP contribution in [0.25, 0.3) is 10.9 Å². The highest BCUT2D eigenvalue weighted by atomic mass is 15.1. The molecule has 0 atom stereocenters. The summed E-state index contributed by atoms with van der Waals surface area (Å²) >= 11 is 0. The van der Waals surface area contributed by atoms with E-state index in [-0.39, 0.29) is 0 Å². The van der Waals surface area contributed by atoms with Gasteiger partial charge in [-0.3, -0.25) is 4.98 Å². The Balaban J connectivity index is 1.73. The van der Waals surface area contributed by atoms with Crippen molar-refractivity contribution in [1.29, 1.82) is 0 Å². The van der Waals surface area contributed by atoms with E-state index >= 15 is 0 Å². The predicted octanol–water partition coefficient (Wildman–Crippen LogP) is 3.10. The molecule has 1 aromatic carbocycles. The number of aromatic nitrogens is 1. The fraction of sp³-hybridized carbons (Fsp3) is 0.471. The molecule has 0 amide bonds. The largest absolute Gasteiger partial charge is 0.398 e. The fourth-order valence-electron chi connectivity index (χ4n) is 3.15. The zero-order chi connectivity index (χ0) is 14.7. The van der Waals surface area contributed by atoms with Gasteiger partial charge in [0.2, 0.25) is 0 Å². The van der Waals surface area contributed by atoms with Gasteiger partial charge in [-0.2, -0.15) is 0 Å². The number of pyridine rings is 1. The number of nitrogen functional groups attached to an aromatic ring is 1. The van der Waals surface area contributed by atoms with Crippen LogP contribution in [-0.4, -0.2) is 35.6 Å². The molecule has 0 bridgehead atoms. The fourth-order valence-corrected chi connectivity index (χ4v) is 3.15. The summed E-state index contributed by atoms with van der Waals surface area (Å²) in [6.07, 6.45) is 5.46. The Labute approximate surface area is 126 Å². The third-order valence-electron chi connectivity index (χ3n) is 4.29. The van der Waals surface area contributed by atoms with Crippen LogP contribution in [0.3, 0.4) is 0 Å². The van der Waals surface area contributed by atoms with Gasteiger partial charge in [0.05, 0.1) is 11.2 Å². The first-order valence-corrected chi connectivity index (χ1v) is 7.90. The number of nitrogens with two attached hydrogens (primary N) is 1. The van der Waals surface area contributed by atoms with Crippen molar-refractivity contribution in [2.24, 2.45) is 0 Å². The molecule has 1 aliphatic heterocycles. The quantitative estimate of drug-likeness (QED) is 0.847. The summed E-state index contributed by atoms with van der Waals surface area (Å²) in [6.45, 7) is 5.84. The molecule has 3 rings (SSSR count). The van der Waals surface area contributed by atoms with Crippen molar-refractivity contribution >= 4 is 22.3 Å². The van der Waals surface area contributed by atoms with Crippen molar-refractivity contribution in [3.63, 3.8) is 0 Å². The van der Waals surface area contributed by atoms with Gasteiger partial charge in [0.1, 0.15) is 0 Å². The maximum atomic E-state index is 6.04. The number of piperidine rings is 1. The number of benzene rings is 1. The molecule has 4 heteroatoms. The van der Waals surface area contributed by atoms with Crippen molar-refractivity contribution in [3.8, 4) is 0 Å². The molecular formula is C17H24N4. The van der Waals surface area contributed by atoms with Gasteiger partial charge in [-0.25, -0.2) is 0 Å². The predicted molar refractivity (Wildman–Crippen MR) is 89.5 cm³/mol. The Morgan fingerprint density at radius 1 is 1.29 bits per heavy atom. The van der Waals surface area contributed by atoms with Gasteiger partial charge in [-0.1, -0.05) is 6.92 Å². The maximum absolute atomic E-state index is 6.04. The summed E-state index contributed by atoms with van der Waals surface area (Å²) in [5.74, 6) is 0. The van der Waals surface area contributed by atoms with E-state index in [1.807, 2.05) is 24.4 Å². The van der Waals surface area contributed by atoms with Crippen molar-refractivity contribution in [3.05, 3.63) is 30.5 Å². The van der Waals surface area contributed by atoms with Crippen LogP contribution in [-0.2, 0) is 0 Å². The maximum Gasteiger partial charge on any atom is 0.0953 e. The molecule has 0 aliphatic carbocycles. The van der Waals surface area contributed by atoms with E-state index in [2.05, 4.69) is 28.2 Å². The highest BCUT2D eigenvalue weighted by Crippen LogP contribution is 2.28. The second kappa shape index (κ2) is 6.31. The van der Waals surface area contributed by atoms with Crippen LogP contribution in [0.2, 0.25) is 0 Å². The van der Waals surface area contributed by atoms with Crippen molar-refractivity contribution in [1.82, 2.24) is 9.88 Å². The Morgan fingerprint density at radius 2 is 2.10 bits per heavy atom. The minimum Gasteiger partial charge on any atom is -0.398 e. The van der Waals surface area contributed by atoms with Crippen LogP contribution in [0.5, 0.6) is 0 Å². The van der Waals surface area contributed by atoms with Gasteiger partial charge in [0, 0.05) is 36.4 Å². The van der Waals surface area contributed by atoms with E-state index in [1.165, 1.54) is 38.9 Å². The lowest BCUT2D eigenvalue weighted by Gasteiger charge is -2.32. The smallest absolute Gasteiger partial charge is 0.0953 e. The van der Waals surface area contributed by atoms with E-state index in [1.54, 1.807) is 0 Å². The van der Waals surface area contributed by atoms with Crippen LogP contribution in [0.15, 0.2) is 30.5 Å². The normalized spacial score (nSPS) is 17.2. The average molecular weight is 284 g/mol. The minimum absolute atomic E-state index is 0.534. The lowest BCUT2D eigenvalue weighted by molar-refractivity contribution is 0.219. The van der Waals surface area contributed by atoms with Gasteiger partial charge in [0.25, 0.3) is 0 Å². The van der Waals surface area contributed by atoms with Crippen LogP contribution in [0.4, 0.5) is 11.4 Å². The van der Waals surface area contributed by atoms with Gasteiger partial charge in [-0.05, 0) is 50.1 Å². The summed E-state index contributed by atoms with van der Waals surface area (Å²) in [5.41, 5.74) is 8.91. The first-order valence-electron chi connectivity index (χ1n) is 7.90. The summed E-state index contributed by atoms with van der Waals surface area (Å²) < 4.78 is 0. The van der Waals surface area contributed by atoms with Crippen molar-refractivity contribution in [2.75, 3.05) is 30.7 Å². The van der Waals surface area contributed by atoms with E-state index in [9.17, 15) is 0 Å². The summed E-state index contributed by atoms with van der Waals surface area (Å²) in [7, 11) is 0. The molecule has 3 N–H and O–H groups in total. The molecule has 2 aromatic rings. The highest BCUT2D eigenvalue weighted by Gasteiger charge is 2.19. The number of likely N-dealkylation sites (tertiary alicyclic amines) is 1. The molecule has 0 radical (unpaired) electrons. The molecule has 0 unspecified atom stereocenters. The van der Waals surface area contributed by atoms with Gasteiger partial charge >= 0.3 is 0 Å². The van der Waals surface area contributed by atoms with Crippen LogP contribution >= 0.6 is 0 Å². The average Bonchev–Trinajstić information content (AvgIpc) is 2.52. The lowest BCUT2D eigenvalue weighted by Crippen LogP contribution is -2.39. The number of nitrogens with one attached hydrogen (secondary N) is 1. The third-order valence-corrected chi connectivity index (χ3v) is 4.29. The van der Waals surface area contributed by atoms with Gasteiger partial charge in [-0.15, -0.1) is 0 Å². The first-order chi connectivity index (χ1) is 10.3. The molecule has 21 heavy (non-hydrogen) atoms. The molecule has 2 heterocycles. The summed E-state index contributed by atoms with van der Waals surface area (Å²) in [6, 6.07) is 8.53. The number of rotatable bonds is 4. The number of anilines is 2. The second-order valence-corrected chi connectivity index (χ2v) is 5.86. The SMILES string of the molecule is CCCN1CCC(Nc2ccc(N)c3cccnc23)CC1. The van der Waals surface area contributed by atoms with E-state index in [0.717, 1.165) is 22.3 Å². The number of fused-ring (bicyclic) bond motifs is 1. The molecule has 1 fully saturated rings. The van der Waals surface area contributed by atoms with Crippen molar-refractivity contribution in [2.45, 2.75) is 32.2 Å². The molecule has 112 valence electrons. The summed E-state index contributed by atoms with van der Waals surface area (Å²) in [4.78, 5) is 7.05. The molecular weight excluding hydrogens is 260 g/mol. The van der Waals surface area contributed by atoms with Gasteiger partial charge < -0.3 is 16.0 Å². The molecule has 4 nitrogen and oxygen atoms in total. The highest BCUT2D eigenvalue weighted by molar-refractivity contribution is 5.98.